The molecule has 0 bridgehead atoms. The third-order valence-electron chi connectivity index (χ3n) is 3.05. The molecule has 1 aromatic carbocycles. The van der Waals surface area contributed by atoms with Crippen molar-refractivity contribution >= 4 is 11.4 Å². The van der Waals surface area contributed by atoms with E-state index in [9.17, 15) is 10.1 Å². The highest BCUT2D eigenvalue weighted by Gasteiger charge is 2.12. The van der Waals surface area contributed by atoms with Crippen molar-refractivity contribution in [3.8, 4) is 17.7 Å². The topological polar surface area (TPSA) is 134 Å². The molecule has 3 rings (SSSR count). The number of nitro benzene ring substituents is 1. The third kappa shape index (κ3) is 3.01. The van der Waals surface area contributed by atoms with Crippen LogP contribution < -0.4 is 5.32 Å². The van der Waals surface area contributed by atoms with Crippen molar-refractivity contribution in [1.82, 2.24) is 15.2 Å². The summed E-state index contributed by atoms with van der Waals surface area (Å²) in [5, 5.41) is 29.6. The second kappa shape index (κ2) is 5.98. The van der Waals surface area contributed by atoms with E-state index in [-0.39, 0.29) is 17.8 Å². The molecule has 23 heavy (non-hydrogen) atoms. The fourth-order valence-corrected chi connectivity index (χ4v) is 1.96. The number of hydrogen-bond donors (Lipinski definition) is 2. The molecule has 0 unspecified atom stereocenters. The minimum absolute atomic E-state index is 0.133. The zero-order valence-corrected chi connectivity index (χ0v) is 11.7. The lowest BCUT2D eigenvalue weighted by atomic mass is 10.1. The highest BCUT2D eigenvalue weighted by atomic mass is 16.6. The maximum absolute atomic E-state index is 10.7. The molecule has 0 saturated heterocycles. The number of nitrogens with one attached hydrogen (secondary N) is 2. The fourth-order valence-electron chi connectivity index (χ4n) is 1.96. The number of nitrogens with zero attached hydrogens (tertiary/aromatic N) is 4. The van der Waals surface area contributed by atoms with Crippen molar-refractivity contribution in [3.63, 3.8) is 0 Å². The van der Waals surface area contributed by atoms with Crippen LogP contribution in [0.2, 0.25) is 0 Å². The first-order valence-electron chi connectivity index (χ1n) is 6.55. The summed E-state index contributed by atoms with van der Waals surface area (Å²) in [5.41, 5.74) is 0.533. The van der Waals surface area contributed by atoms with Gasteiger partial charge in [0.2, 0.25) is 5.82 Å². The summed E-state index contributed by atoms with van der Waals surface area (Å²) < 4.78 is 5.20. The van der Waals surface area contributed by atoms with E-state index in [1.165, 1.54) is 24.5 Å². The Balaban J connectivity index is 1.74. The number of nitro groups is 1. The van der Waals surface area contributed by atoms with Crippen LogP contribution in [-0.4, -0.2) is 20.1 Å². The second-order valence-electron chi connectivity index (χ2n) is 4.54. The van der Waals surface area contributed by atoms with Gasteiger partial charge in [0.1, 0.15) is 11.9 Å². The van der Waals surface area contributed by atoms with Crippen molar-refractivity contribution < 1.29 is 9.34 Å². The second-order valence-corrected chi connectivity index (χ2v) is 4.54. The Hall–Kier alpha value is -3.67. The van der Waals surface area contributed by atoms with Crippen molar-refractivity contribution in [2.75, 3.05) is 5.32 Å². The number of non-ortho nitro benzene ring substituents is 1. The number of benzene rings is 1. The first-order chi connectivity index (χ1) is 11.2. The number of furan rings is 1. The Morgan fingerprint density at radius 3 is 3.00 bits per heavy atom. The average molecular weight is 310 g/mol. The Bertz CT molecular complexity index is 878. The molecule has 114 valence electrons. The largest absolute Gasteiger partial charge is 0.461 e. The van der Waals surface area contributed by atoms with Gasteiger partial charge in [-0.05, 0) is 18.2 Å². The molecule has 0 fully saturated rings. The van der Waals surface area contributed by atoms with Crippen molar-refractivity contribution in [1.29, 1.82) is 5.26 Å². The molecule has 2 heterocycles. The first-order valence-corrected chi connectivity index (χ1v) is 6.55. The van der Waals surface area contributed by atoms with Gasteiger partial charge in [0.15, 0.2) is 5.76 Å². The van der Waals surface area contributed by atoms with Crippen LogP contribution in [0.3, 0.4) is 0 Å². The summed E-state index contributed by atoms with van der Waals surface area (Å²) in [6, 6.07) is 9.44. The molecule has 0 aliphatic carbocycles. The normalized spacial score (nSPS) is 10.2. The fraction of sp³-hybridized carbons (Fsp3) is 0.0714. The van der Waals surface area contributed by atoms with Crippen LogP contribution >= 0.6 is 0 Å². The summed E-state index contributed by atoms with van der Waals surface area (Å²) in [5.74, 6) is 1.51. The zero-order valence-electron chi connectivity index (χ0n) is 11.7. The van der Waals surface area contributed by atoms with Crippen LogP contribution in [0, 0.1) is 21.4 Å². The molecule has 0 aliphatic heterocycles. The van der Waals surface area contributed by atoms with E-state index in [1.54, 1.807) is 12.1 Å². The zero-order chi connectivity index (χ0) is 16.2. The molecular formula is C14H10N6O3. The van der Waals surface area contributed by atoms with E-state index in [2.05, 4.69) is 20.5 Å². The summed E-state index contributed by atoms with van der Waals surface area (Å²) in [6.45, 7) is 0.278. The van der Waals surface area contributed by atoms with Gasteiger partial charge in [-0.15, -0.1) is 5.10 Å². The number of aromatic nitrogens is 3. The first kappa shape index (κ1) is 14.3. The van der Waals surface area contributed by atoms with Gasteiger partial charge in [-0.1, -0.05) is 0 Å². The van der Waals surface area contributed by atoms with Crippen LogP contribution in [0.1, 0.15) is 11.4 Å². The van der Waals surface area contributed by atoms with E-state index >= 15 is 0 Å². The molecule has 0 saturated carbocycles. The standard InChI is InChI=1S/C14H10N6O3/c15-7-9-6-10(20(21)22)3-4-11(9)16-8-13-17-14(19-18-13)12-2-1-5-23-12/h1-6,16H,8H2,(H,17,18,19). The quantitative estimate of drug-likeness (QED) is 0.546. The molecule has 0 radical (unpaired) electrons. The smallest absolute Gasteiger partial charge is 0.270 e. The highest BCUT2D eigenvalue weighted by molar-refractivity contribution is 5.61. The molecule has 9 heteroatoms. The highest BCUT2D eigenvalue weighted by Crippen LogP contribution is 2.22. The van der Waals surface area contributed by atoms with E-state index in [0.29, 0.717) is 23.1 Å². The minimum atomic E-state index is -0.545. The summed E-state index contributed by atoms with van der Waals surface area (Å²) in [7, 11) is 0. The predicted octanol–water partition coefficient (Wildman–Crippen LogP) is 2.46. The number of rotatable bonds is 5. The lowest BCUT2D eigenvalue weighted by Gasteiger charge is -2.05. The molecular weight excluding hydrogens is 300 g/mol. The SMILES string of the molecule is N#Cc1cc([N+](=O)[O-])ccc1NCc1nc(-c2ccco2)n[nH]1. The van der Waals surface area contributed by atoms with Crippen LogP contribution in [0.25, 0.3) is 11.6 Å². The van der Waals surface area contributed by atoms with E-state index in [0.717, 1.165) is 0 Å². The van der Waals surface area contributed by atoms with Gasteiger partial charge in [-0.3, -0.25) is 15.2 Å². The van der Waals surface area contributed by atoms with Gasteiger partial charge >= 0.3 is 0 Å². The average Bonchev–Trinajstić information content (AvgIpc) is 3.23. The predicted molar refractivity (Wildman–Crippen MR) is 79.2 cm³/mol. The lowest BCUT2D eigenvalue weighted by molar-refractivity contribution is -0.384. The molecule has 0 amide bonds. The minimum Gasteiger partial charge on any atom is -0.461 e. The van der Waals surface area contributed by atoms with Gasteiger partial charge in [0, 0.05) is 12.1 Å². The molecule has 0 spiro atoms. The van der Waals surface area contributed by atoms with Crippen LogP contribution in [0.4, 0.5) is 11.4 Å². The monoisotopic (exact) mass is 310 g/mol. The van der Waals surface area contributed by atoms with Crippen molar-refractivity contribution in [2.24, 2.45) is 0 Å². The van der Waals surface area contributed by atoms with Crippen LogP contribution in [0.5, 0.6) is 0 Å². The Labute approximate surface area is 129 Å². The lowest BCUT2D eigenvalue weighted by Crippen LogP contribution is -2.03. The molecule has 3 aromatic rings. The molecule has 9 nitrogen and oxygen atoms in total. The number of aromatic amines is 1. The molecule has 0 aliphatic rings. The molecule has 2 N–H and O–H groups in total. The van der Waals surface area contributed by atoms with E-state index in [1.807, 2.05) is 6.07 Å². The Kier molecular flexibility index (Phi) is 3.71. The van der Waals surface area contributed by atoms with Gasteiger partial charge in [0.25, 0.3) is 5.69 Å². The van der Waals surface area contributed by atoms with Gasteiger partial charge in [0.05, 0.1) is 29.0 Å². The third-order valence-corrected chi connectivity index (χ3v) is 3.05. The molecule has 2 aromatic heterocycles. The Morgan fingerprint density at radius 2 is 2.30 bits per heavy atom. The summed E-state index contributed by atoms with van der Waals surface area (Å²) >= 11 is 0. The van der Waals surface area contributed by atoms with Gasteiger partial charge in [-0.25, -0.2) is 4.98 Å². The maximum atomic E-state index is 10.7. The maximum Gasteiger partial charge on any atom is 0.270 e. The Morgan fingerprint density at radius 1 is 1.43 bits per heavy atom. The van der Waals surface area contributed by atoms with Crippen molar-refractivity contribution in [2.45, 2.75) is 6.54 Å². The van der Waals surface area contributed by atoms with E-state index in [4.69, 9.17) is 9.68 Å². The van der Waals surface area contributed by atoms with E-state index < -0.39 is 4.92 Å². The van der Waals surface area contributed by atoms with Crippen LogP contribution in [-0.2, 0) is 6.54 Å². The number of anilines is 1. The molecule has 0 atom stereocenters. The van der Waals surface area contributed by atoms with Gasteiger partial charge in [-0.2, -0.15) is 5.26 Å². The van der Waals surface area contributed by atoms with Gasteiger partial charge < -0.3 is 9.73 Å². The summed E-state index contributed by atoms with van der Waals surface area (Å²) in [6.07, 6.45) is 1.53. The summed E-state index contributed by atoms with van der Waals surface area (Å²) in [4.78, 5) is 14.4. The number of H-pyrrole nitrogens is 1. The van der Waals surface area contributed by atoms with Crippen LogP contribution in [0.15, 0.2) is 41.0 Å². The van der Waals surface area contributed by atoms with Crippen molar-refractivity contribution in [3.05, 3.63) is 58.1 Å². The number of hydrogen-bond acceptors (Lipinski definition) is 7. The number of nitriles is 1.